The van der Waals surface area contributed by atoms with Crippen molar-refractivity contribution in [1.29, 1.82) is 0 Å². The summed E-state index contributed by atoms with van der Waals surface area (Å²) in [5.41, 5.74) is 1.93. The summed E-state index contributed by atoms with van der Waals surface area (Å²) >= 11 is 0. The average Bonchev–Trinajstić information content (AvgIpc) is 3.05. The lowest BCUT2D eigenvalue weighted by molar-refractivity contribution is -0.116. The number of imidazole rings is 1. The normalized spacial score (nSPS) is 16.2. The fourth-order valence-electron chi connectivity index (χ4n) is 3.25. The van der Waals surface area contributed by atoms with Crippen LogP contribution in [0.25, 0.3) is 5.69 Å². The molecule has 6 heteroatoms. The van der Waals surface area contributed by atoms with Crippen molar-refractivity contribution in [1.82, 2.24) is 9.55 Å². The number of carbonyl (C=O) groups excluding carboxylic acids is 1. The van der Waals surface area contributed by atoms with E-state index in [1.165, 1.54) is 12.4 Å². The summed E-state index contributed by atoms with van der Waals surface area (Å²) in [6, 6.07) is 14.0. The van der Waals surface area contributed by atoms with Gasteiger partial charge in [-0.3, -0.25) is 9.36 Å². The molecule has 0 radical (unpaired) electrons. The highest BCUT2D eigenvalue weighted by Crippen LogP contribution is 2.40. The number of nitrogens with one attached hydrogen (secondary N) is 1. The van der Waals surface area contributed by atoms with Crippen molar-refractivity contribution in [3.05, 3.63) is 71.9 Å². The van der Waals surface area contributed by atoms with Crippen LogP contribution >= 0.6 is 0 Å². The molecule has 0 bridgehead atoms. The Morgan fingerprint density at radius 3 is 2.76 bits per heavy atom. The number of carbonyl (C=O) groups is 1. The van der Waals surface area contributed by atoms with Crippen LogP contribution in [0.2, 0.25) is 0 Å². The lowest BCUT2D eigenvalue weighted by Gasteiger charge is -2.24. The molecule has 3 aromatic rings. The van der Waals surface area contributed by atoms with Crippen molar-refractivity contribution in [2.45, 2.75) is 12.3 Å². The lowest BCUT2D eigenvalue weighted by Crippen LogP contribution is -2.25. The zero-order chi connectivity index (χ0) is 17.4. The molecule has 5 nitrogen and oxygen atoms in total. The maximum atomic E-state index is 14.2. The van der Waals surface area contributed by atoms with E-state index in [9.17, 15) is 9.18 Å². The standard InChI is InChI=1S/C19H16FN3O2/c1-25-16-9-5-2-6-12(16)13-10-17(24)22-19-18(13)21-11-23(19)15-8-4-3-7-14(15)20/h2-9,11,13H,10H2,1H3,(H,22,24)/t13-/m0/s1. The van der Waals surface area contributed by atoms with Crippen molar-refractivity contribution in [3.63, 3.8) is 0 Å². The molecule has 0 aliphatic carbocycles. The van der Waals surface area contributed by atoms with Gasteiger partial charge in [-0.1, -0.05) is 30.3 Å². The molecule has 0 fully saturated rings. The SMILES string of the molecule is COc1ccccc1[C@@H]1CC(=O)Nc2c1ncn2-c1ccccc1F. The molecule has 1 aromatic heterocycles. The Labute approximate surface area is 144 Å². The molecule has 0 saturated carbocycles. The summed E-state index contributed by atoms with van der Waals surface area (Å²) in [4.78, 5) is 16.8. The fraction of sp³-hybridized carbons (Fsp3) is 0.158. The second-order valence-electron chi connectivity index (χ2n) is 5.85. The summed E-state index contributed by atoms with van der Waals surface area (Å²) < 4.78 is 21.2. The molecule has 1 atom stereocenters. The molecule has 25 heavy (non-hydrogen) atoms. The molecule has 0 saturated heterocycles. The first kappa shape index (κ1) is 15.4. The molecular weight excluding hydrogens is 321 g/mol. The number of aromatic nitrogens is 2. The van der Waals surface area contributed by atoms with Gasteiger partial charge in [0.25, 0.3) is 0 Å². The molecule has 0 unspecified atom stereocenters. The van der Waals surface area contributed by atoms with Crippen molar-refractivity contribution < 1.29 is 13.9 Å². The minimum absolute atomic E-state index is 0.138. The third-order valence-corrected chi connectivity index (χ3v) is 4.40. The third-order valence-electron chi connectivity index (χ3n) is 4.40. The fourth-order valence-corrected chi connectivity index (χ4v) is 3.25. The van der Waals surface area contributed by atoms with Gasteiger partial charge in [0.05, 0.1) is 18.5 Å². The van der Waals surface area contributed by atoms with Gasteiger partial charge in [-0.25, -0.2) is 9.37 Å². The number of methoxy groups -OCH3 is 1. The monoisotopic (exact) mass is 337 g/mol. The number of rotatable bonds is 3. The van der Waals surface area contributed by atoms with Crippen molar-refractivity contribution in [2.75, 3.05) is 12.4 Å². The Kier molecular flexibility index (Phi) is 3.72. The number of amides is 1. The molecular formula is C19H16FN3O2. The van der Waals surface area contributed by atoms with Crippen molar-refractivity contribution in [3.8, 4) is 11.4 Å². The first-order valence-electron chi connectivity index (χ1n) is 7.94. The number of halogens is 1. The Morgan fingerprint density at radius 1 is 1.20 bits per heavy atom. The highest BCUT2D eigenvalue weighted by molar-refractivity contribution is 5.94. The number of hydrogen-bond acceptors (Lipinski definition) is 3. The molecule has 1 N–H and O–H groups in total. The highest BCUT2D eigenvalue weighted by Gasteiger charge is 2.32. The number of nitrogens with zero attached hydrogens (tertiary/aromatic N) is 2. The largest absolute Gasteiger partial charge is 0.496 e. The van der Waals surface area contributed by atoms with E-state index in [1.54, 1.807) is 29.9 Å². The van der Waals surface area contributed by atoms with Crippen LogP contribution in [-0.4, -0.2) is 22.6 Å². The Hall–Kier alpha value is -3.15. The van der Waals surface area contributed by atoms with Crippen LogP contribution in [-0.2, 0) is 4.79 Å². The van der Waals surface area contributed by atoms with Crippen LogP contribution in [0.3, 0.4) is 0 Å². The summed E-state index contributed by atoms with van der Waals surface area (Å²) in [7, 11) is 1.60. The molecule has 1 aliphatic rings. The topological polar surface area (TPSA) is 56.1 Å². The summed E-state index contributed by atoms with van der Waals surface area (Å²) in [6.45, 7) is 0. The average molecular weight is 337 g/mol. The van der Waals surface area contributed by atoms with Gasteiger partial charge in [-0.2, -0.15) is 0 Å². The molecule has 4 rings (SSSR count). The maximum absolute atomic E-state index is 14.2. The second-order valence-corrected chi connectivity index (χ2v) is 5.85. The first-order chi connectivity index (χ1) is 12.2. The predicted octanol–water partition coefficient (Wildman–Crippen LogP) is 3.49. The van der Waals surface area contributed by atoms with Gasteiger partial charge in [-0.15, -0.1) is 0 Å². The van der Waals surface area contributed by atoms with Crippen molar-refractivity contribution in [2.24, 2.45) is 0 Å². The Bertz CT molecular complexity index is 951. The van der Waals surface area contributed by atoms with Crippen LogP contribution in [0.4, 0.5) is 10.2 Å². The number of ether oxygens (including phenoxy) is 1. The van der Waals surface area contributed by atoms with Crippen molar-refractivity contribution >= 4 is 11.7 Å². The van der Waals surface area contributed by atoms with Crippen LogP contribution in [0.15, 0.2) is 54.9 Å². The minimum atomic E-state index is -0.378. The quantitative estimate of drug-likeness (QED) is 0.796. The van der Waals surface area contributed by atoms with E-state index in [-0.39, 0.29) is 24.1 Å². The summed E-state index contributed by atoms with van der Waals surface area (Å²) in [6.07, 6.45) is 1.80. The van der Waals surface area contributed by atoms with Gasteiger partial charge < -0.3 is 10.1 Å². The lowest BCUT2D eigenvalue weighted by atomic mass is 9.89. The van der Waals surface area contributed by atoms with Crippen LogP contribution in [0.1, 0.15) is 23.6 Å². The Balaban J connectivity index is 1.86. The zero-order valence-corrected chi connectivity index (χ0v) is 13.6. The number of fused-ring (bicyclic) bond motifs is 1. The minimum Gasteiger partial charge on any atom is -0.496 e. The van der Waals surface area contributed by atoms with Crippen LogP contribution < -0.4 is 10.1 Å². The van der Waals surface area contributed by atoms with E-state index in [1.807, 2.05) is 24.3 Å². The van der Waals surface area contributed by atoms with Crippen LogP contribution in [0.5, 0.6) is 5.75 Å². The maximum Gasteiger partial charge on any atom is 0.226 e. The molecule has 1 aliphatic heterocycles. The van der Waals surface area contributed by atoms with Gasteiger partial charge >= 0.3 is 0 Å². The molecule has 126 valence electrons. The van der Waals surface area contributed by atoms with Crippen LogP contribution in [0, 0.1) is 5.82 Å². The van der Waals surface area contributed by atoms with Gasteiger partial charge in [0.1, 0.15) is 23.7 Å². The number of hydrogen-bond donors (Lipinski definition) is 1. The predicted molar refractivity (Wildman–Crippen MR) is 91.6 cm³/mol. The molecule has 1 amide bonds. The van der Waals surface area contributed by atoms with Gasteiger partial charge in [0.15, 0.2) is 0 Å². The first-order valence-corrected chi connectivity index (χ1v) is 7.94. The van der Waals surface area contributed by atoms with E-state index in [0.717, 1.165) is 5.56 Å². The van der Waals surface area contributed by atoms with Gasteiger partial charge in [0.2, 0.25) is 5.91 Å². The van der Waals surface area contributed by atoms with E-state index in [4.69, 9.17) is 4.74 Å². The highest BCUT2D eigenvalue weighted by atomic mass is 19.1. The number of benzene rings is 2. The Morgan fingerprint density at radius 2 is 1.96 bits per heavy atom. The van der Waals surface area contributed by atoms with E-state index >= 15 is 0 Å². The zero-order valence-electron chi connectivity index (χ0n) is 13.6. The molecule has 2 heterocycles. The second kappa shape index (κ2) is 6.05. The molecule has 0 spiro atoms. The number of anilines is 1. The summed E-state index contributed by atoms with van der Waals surface area (Å²) in [5, 5.41) is 2.83. The molecule has 2 aromatic carbocycles. The third kappa shape index (κ3) is 2.55. The van der Waals surface area contributed by atoms with Gasteiger partial charge in [-0.05, 0) is 18.2 Å². The van der Waals surface area contributed by atoms with E-state index < -0.39 is 0 Å². The number of para-hydroxylation sites is 2. The smallest absolute Gasteiger partial charge is 0.226 e. The van der Waals surface area contributed by atoms with E-state index in [2.05, 4.69) is 10.3 Å². The summed E-state index contributed by atoms with van der Waals surface area (Å²) in [5.74, 6) is 0.441. The van der Waals surface area contributed by atoms with E-state index in [0.29, 0.717) is 22.9 Å². The van der Waals surface area contributed by atoms with Gasteiger partial charge in [0, 0.05) is 17.9 Å².